The van der Waals surface area contributed by atoms with Crippen molar-refractivity contribution >= 4 is 0 Å². The summed E-state index contributed by atoms with van der Waals surface area (Å²) in [5.74, 6) is 0. The van der Waals surface area contributed by atoms with Gasteiger partial charge in [-0.1, -0.05) is 12.8 Å². The molecule has 2 rings (SSSR count). The Kier molecular flexibility index (Phi) is 4.22. The van der Waals surface area contributed by atoms with Crippen molar-refractivity contribution in [3.8, 4) is 0 Å². The summed E-state index contributed by atoms with van der Waals surface area (Å²) in [5, 5.41) is 0. The van der Waals surface area contributed by atoms with Gasteiger partial charge in [0, 0.05) is 13.1 Å². The van der Waals surface area contributed by atoms with Crippen molar-refractivity contribution in [1.82, 2.24) is 10.4 Å². The van der Waals surface area contributed by atoms with Gasteiger partial charge in [0.1, 0.15) is 0 Å². The van der Waals surface area contributed by atoms with E-state index in [1.54, 1.807) is 0 Å². The van der Waals surface area contributed by atoms with E-state index in [0.29, 0.717) is 6.10 Å². The van der Waals surface area contributed by atoms with Crippen molar-refractivity contribution in [3.05, 3.63) is 0 Å². The molecule has 0 bridgehead atoms. The van der Waals surface area contributed by atoms with E-state index >= 15 is 0 Å². The summed E-state index contributed by atoms with van der Waals surface area (Å²) in [6.07, 6.45) is 8.44. The Morgan fingerprint density at radius 1 is 1.07 bits per heavy atom. The Morgan fingerprint density at radius 2 is 1.79 bits per heavy atom. The smallest absolute Gasteiger partial charge is 0.0790 e. The van der Waals surface area contributed by atoms with Crippen molar-refractivity contribution in [1.29, 1.82) is 0 Å². The normalized spacial score (nSPS) is 24.9. The molecule has 1 aliphatic heterocycles. The first-order valence-electron chi connectivity index (χ1n) is 6.06. The standard InChI is InChI=1S/C11H22N2O/c1-2-6-11(5-1)14-12-7-10-13-8-3-4-9-13/h11-12H,1-10H2. The predicted molar refractivity (Wildman–Crippen MR) is 57.0 cm³/mol. The molecular weight excluding hydrogens is 176 g/mol. The van der Waals surface area contributed by atoms with Crippen LogP contribution in [0.5, 0.6) is 0 Å². The maximum absolute atomic E-state index is 5.59. The van der Waals surface area contributed by atoms with Crippen molar-refractivity contribution in [2.45, 2.75) is 44.6 Å². The van der Waals surface area contributed by atoms with Crippen molar-refractivity contribution in [2.75, 3.05) is 26.2 Å². The van der Waals surface area contributed by atoms with E-state index in [1.807, 2.05) is 0 Å². The lowest BCUT2D eigenvalue weighted by Crippen LogP contribution is -2.32. The average Bonchev–Trinajstić information content (AvgIpc) is 2.86. The molecule has 0 spiro atoms. The van der Waals surface area contributed by atoms with Crippen molar-refractivity contribution in [3.63, 3.8) is 0 Å². The molecule has 1 saturated heterocycles. The van der Waals surface area contributed by atoms with E-state index in [-0.39, 0.29) is 0 Å². The molecule has 3 nitrogen and oxygen atoms in total. The molecule has 3 heteroatoms. The van der Waals surface area contributed by atoms with Crippen LogP contribution >= 0.6 is 0 Å². The van der Waals surface area contributed by atoms with Crippen LogP contribution in [-0.4, -0.2) is 37.2 Å². The van der Waals surface area contributed by atoms with Crippen LogP contribution in [0.2, 0.25) is 0 Å². The van der Waals surface area contributed by atoms with Crippen LogP contribution in [0, 0.1) is 0 Å². The van der Waals surface area contributed by atoms with Gasteiger partial charge in [-0.15, -0.1) is 0 Å². The Hall–Kier alpha value is -0.120. The SMILES string of the molecule is C1CCC(ONCCN2CCCC2)C1. The van der Waals surface area contributed by atoms with Crippen LogP contribution in [0.3, 0.4) is 0 Å². The Balaban J connectivity index is 1.46. The monoisotopic (exact) mass is 198 g/mol. The van der Waals surface area contributed by atoms with Gasteiger partial charge < -0.3 is 4.90 Å². The molecule has 0 aromatic heterocycles. The van der Waals surface area contributed by atoms with Crippen molar-refractivity contribution in [2.24, 2.45) is 0 Å². The van der Waals surface area contributed by atoms with Gasteiger partial charge in [-0.2, -0.15) is 0 Å². The second-order valence-corrected chi connectivity index (χ2v) is 4.47. The van der Waals surface area contributed by atoms with E-state index in [9.17, 15) is 0 Å². The molecule has 0 unspecified atom stereocenters. The summed E-state index contributed by atoms with van der Waals surface area (Å²) in [4.78, 5) is 8.09. The van der Waals surface area contributed by atoms with E-state index in [0.717, 1.165) is 13.1 Å². The fraction of sp³-hybridized carbons (Fsp3) is 1.00. The number of hydrogen-bond donors (Lipinski definition) is 1. The van der Waals surface area contributed by atoms with Gasteiger partial charge in [-0.3, -0.25) is 4.84 Å². The molecule has 1 aliphatic carbocycles. The Labute approximate surface area is 86.8 Å². The zero-order valence-electron chi connectivity index (χ0n) is 9.00. The number of nitrogens with zero attached hydrogens (tertiary/aromatic N) is 1. The summed E-state index contributed by atoms with van der Waals surface area (Å²) in [5.41, 5.74) is 3.11. The molecule has 0 atom stereocenters. The first-order chi connectivity index (χ1) is 6.95. The number of nitrogens with one attached hydrogen (secondary N) is 1. The Morgan fingerprint density at radius 3 is 2.50 bits per heavy atom. The van der Waals surface area contributed by atoms with Gasteiger partial charge in [0.05, 0.1) is 6.10 Å². The lowest BCUT2D eigenvalue weighted by Gasteiger charge is -2.16. The van der Waals surface area contributed by atoms with Gasteiger partial charge in [-0.25, -0.2) is 5.48 Å². The third kappa shape index (κ3) is 3.23. The average molecular weight is 198 g/mol. The lowest BCUT2D eigenvalue weighted by molar-refractivity contribution is -0.0228. The zero-order valence-corrected chi connectivity index (χ0v) is 9.00. The fourth-order valence-electron chi connectivity index (χ4n) is 2.39. The number of likely N-dealkylation sites (tertiary alicyclic amines) is 1. The van der Waals surface area contributed by atoms with Crippen LogP contribution in [0.1, 0.15) is 38.5 Å². The minimum atomic E-state index is 0.494. The first kappa shape index (κ1) is 10.4. The highest BCUT2D eigenvalue weighted by Crippen LogP contribution is 2.19. The van der Waals surface area contributed by atoms with E-state index in [1.165, 1.54) is 51.6 Å². The Bertz CT molecular complexity index is 133. The molecule has 14 heavy (non-hydrogen) atoms. The molecule has 2 aliphatic rings. The number of hydroxylamine groups is 1. The predicted octanol–water partition coefficient (Wildman–Crippen LogP) is 1.55. The third-order valence-corrected chi connectivity index (χ3v) is 3.28. The van der Waals surface area contributed by atoms with Gasteiger partial charge in [0.2, 0.25) is 0 Å². The van der Waals surface area contributed by atoms with Gasteiger partial charge in [0.15, 0.2) is 0 Å². The summed E-state index contributed by atoms with van der Waals surface area (Å²) < 4.78 is 0. The van der Waals surface area contributed by atoms with E-state index < -0.39 is 0 Å². The van der Waals surface area contributed by atoms with E-state index in [4.69, 9.17) is 4.84 Å². The first-order valence-corrected chi connectivity index (χ1v) is 6.06. The summed E-state index contributed by atoms with van der Waals surface area (Å²) in [7, 11) is 0. The van der Waals surface area contributed by atoms with E-state index in [2.05, 4.69) is 10.4 Å². The molecule has 1 N–H and O–H groups in total. The molecule has 0 radical (unpaired) electrons. The second kappa shape index (κ2) is 5.69. The molecule has 0 aromatic rings. The van der Waals surface area contributed by atoms with Crippen LogP contribution in [-0.2, 0) is 4.84 Å². The highest BCUT2D eigenvalue weighted by molar-refractivity contribution is 4.67. The maximum Gasteiger partial charge on any atom is 0.0790 e. The van der Waals surface area contributed by atoms with Gasteiger partial charge >= 0.3 is 0 Å². The maximum atomic E-state index is 5.59. The molecule has 1 saturated carbocycles. The minimum Gasteiger partial charge on any atom is -0.302 e. The van der Waals surface area contributed by atoms with Crippen LogP contribution in [0.4, 0.5) is 0 Å². The largest absolute Gasteiger partial charge is 0.302 e. The molecule has 1 heterocycles. The molecular formula is C11H22N2O. The molecule has 2 fully saturated rings. The molecule has 82 valence electrons. The van der Waals surface area contributed by atoms with Crippen molar-refractivity contribution < 1.29 is 4.84 Å². The van der Waals surface area contributed by atoms with Gasteiger partial charge in [0.25, 0.3) is 0 Å². The highest BCUT2D eigenvalue weighted by Gasteiger charge is 2.15. The number of hydrogen-bond acceptors (Lipinski definition) is 3. The summed E-state index contributed by atoms with van der Waals surface area (Å²) in [6.45, 7) is 4.69. The van der Waals surface area contributed by atoms with Crippen LogP contribution in [0.25, 0.3) is 0 Å². The second-order valence-electron chi connectivity index (χ2n) is 4.47. The highest BCUT2D eigenvalue weighted by atomic mass is 16.7. The topological polar surface area (TPSA) is 24.5 Å². The minimum absolute atomic E-state index is 0.494. The van der Waals surface area contributed by atoms with Gasteiger partial charge in [-0.05, 0) is 38.8 Å². The fourth-order valence-corrected chi connectivity index (χ4v) is 2.39. The van der Waals surface area contributed by atoms with Crippen LogP contribution < -0.4 is 5.48 Å². The molecule has 0 aromatic carbocycles. The molecule has 0 amide bonds. The third-order valence-electron chi connectivity index (χ3n) is 3.28. The quantitative estimate of drug-likeness (QED) is 0.536. The zero-order chi connectivity index (χ0) is 9.64. The summed E-state index contributed by atoms with van der Waals surface area (Å²) >= 11 is 0. The van der Waals surface area contributed by atoms with Crippen LogP contribution in [0.15, 0.2) is 0 Å². The summed E-state index contributed by atoms with van der Waals surface area (Å²) in [6, 6.07) is 0. The lowest BCUT2D eigenvalue weighted by atomic mass is 10.3. The number of rotatable bonds is 5.